The van der Waals surface area contributed by atoms with Gasteiger partial charge in [0.25, 0.3) is 0 Å². The molecule has 5 nitrogen and oxygen atoms in total. The molecule has 4 heterocycles. The van der Waals surface area contributed by atoms with E-state index in [0.29, 0.717) is 6.42 Å². The number of methoxy groups -OCH3 is 1. The monoisotopic (exact) mass is 994 g/mol. The summed E-state index contributed by atoms with van der Waals surface area (Å²) in [6.45, 7) is 21.0. The normalized spacial score (nSPS) is 17.2. The van der Waals surface area contributed by atoms with E-state index in [1.165, 1.54) is 85.5 Å². The molecule has 0 saturated heterocycles. The van der Waals surface area contributed by atoms with Gasteiger partial charge in [0.2, 0.25) is 6.29 Å². The first-order valence-corrected chi connectivity index (χ1v) is 21.7. The van der Waals surface area contributed by atoms with Crippen LogP contribution in [0.15, 0.2) is 121 Å². The van der Waals surface area contributed by atoms with Crippen LogP contribution in [0.4, 0.5) is 20.2 Å². The van der Waals surface area contributed by atoms with Gasteiger partial charge in [-0.05, 0) is 143 Å². The number of aryl methyl sites for hydroxylation is 2. The molecule has 10 rings (SSSR count). The fourth-order valence-electron chi connectivity index (χ4n) is 9.66. The van der Waals surface area contributed by atoms with E-state index in [-0.39, 0.29) is 75.8 Å². The molecule has 4 aliphatic rings. The molecule has 332 valence electrons. The molecule has 0 fully saturated rings. The number of halogens is 3. The molecule has 0 aliphatic carbocycles. The van der Waals surface area contributed by atoms with Crippen molar-refractivity contribution in [3.8, 4) is 33.8 Å². The zero-order chi connectivity index (χ0) is 44.8. The van der Waals surface area contributed by atoms with E-state index in [0.717, 1.165) is 46.0 Å². The van der Waals surface area contributed by atoms with Crippen molar-refractivity contribution in [2.45, 2.75) is 91.7 Å². The Morgan fingerprint density at radius 2 is 1.03 bits per heavy atom. The Labute approximate surface area is 417 Å². The first-order chi connectivity index (χ1) is 30.1. The second kappa shape index (κ2) is 20.0. The van der Waals surface area contributed by atoms with Gasteiger partial charge in [0.1, 0.15) is 29.2 Å². The molecule has 6 aromatic rings. The third-order valence-corrected chi connectivity index (χ3v) is 12.2. The molecule has 4 aliphatic heterocycles. The molecule has 2 N–H and O–H groups in total. The summed E-state index contributed by atoms with van der Waals surface area (Å²) in [4.78, 5) is 0. The Balaban J connectivity index is 0.000000179. The third kappa shape index (κ3) is 10.3. The number of allylic oxidation sites excluding steroid dienone is 2. The van der Waals surface area contributed by atoms with Crippen molar-refractivity contribution in [3.63, 3.8) is 0 Å². The molecule has 65 heavy (non-hydrogen) atoms. The van der Waals surface area contributed by atoms with Crippen LogP contribution < -0.4 is 44.1 Å². The van der Waals surface area contributed by atoms with Gasteiger partial charge in [0.15, 0.2) is 0 Å². The molecular weight excluding hydrogens is 938 g/mol. The van der Waals surface area contributed by atoms with Crippen LogP contribution >= 0.6 is 0 Å². The fraction of sp³-hybridized carbons (Fsp3) is 0.268. The molecule has 2 atom stereocenters. The van der Waals surface area contributed by atoms with E-state index in [1.807, 2.05) is 36.4 Å². The predicted molar refractivity (Wildman–Crippen MR) is 261 cm³/mol. The maximum atomic E-state index is 13.4. The molecule has 0 spiro atoms. The summed E-state index contributed by atoms with van der Waals surface area (Å²) in [5.74, 6) is 1.40. The Bertz CT molecular complexity index is 2760. The summed E-state index contributed by atoms with van der Waals surface area (Å²) in [6.07, 6.45) is 5.44. The van der Waals surface area contributed by atoms with Crippen molar-refractivity contribution in [2.24, 2.45) is 0 Å². The molecule has 0 aromatic heterocycles. The third-order valence-electron chi connectivity index (χ3n) is 12.2. The number of fused-ring (bicyclic) bond motifs is 10. The van der Waals surface area contributed by atoms with Crippen LogP contribution in [0.25, 0.3) is 33.4 Å². The van der Waals surface area contributed by atoms with Crippen molar-refractivity contribution >= 4 is 45.6 Å². The van der Waals surface area contributed by atoms with Crippen LogP contribution in [0.2, 0.25) is 0 Å². The van der Waals surface area contributed by atoms with Gasteiger partial charge < -0.3 is 55.7 Å². The summed E-state index contributed by atoms with van der Waals surface area (Å²) in [6, 6.07) is 34.3. The summed E-state index contributed by atoms with van der Waals surface area (Å²) < 4.78 is 44.1. The largest absolute Gasteiger partial charge is 2.00 e. The average molecular weight is 995 g/mol. The van der Waals surface area contributed by atoms with Crippen molar-refractivity contribution in [1.82, 2.24) is 0 Å². The zero-order valence-electron chi connectivity index (χ0n) is 38.9. The van der Waals surface area contributed by atoms with Gasteiger partial charge >= 0.3 is 23.1 Å². The molecule has 0 amide bonds. The number of hydrogen-bond acceptors (Lipinski definition) is 5. The number of ether oxygens (including phenoxy) is 3. The Morgan fingerprint density at radius 1 is 0.585 bits per heavy atom. The van der Waals surface area contributed by atoms with Crippen LogP contribution in [0.5, 0.6) is 11.5 Å². The molecular formula is C56H57F2IMgN2O3. The van der Waals surface area contributed by atoms with Crippen molar-refractivity contribution in [3.05, 3.63) is 184 Å². The Morgan fingerprint density at radius 3 is 1.51 bits per heavy atom. The van der Waals surface area contributed by atoms with Gasteiger partial charge in [-0.3, -0.25) is 0 Å². The van der Waals surface area contributed by atoms with E-state index in [2.05, 4.69) is 121 Å². The summed E-state index contributed by atoms with van der Waals surface area (Å²) in [5, 5.41) is 7.28. The van der Waals surface area contributed by atoms with Gasteiger partial charge in [-0.15, -0.1) is 0 Å². The quantitative estimate of drug-likeness (QED) is 0.105. The molecule has 9 heteroatoms. The van der Waals surface area contributed by atoms with Gasteiger partial charge in [0, 0.05) is 58.3 Å². The van der Waals surface area contributed by atoms with E-state index in [1.54, 1.807) is 19.2 Å². The fourth-order valence-corrected chi connectivity index (χ4v) is 9.66. The molecule has 0 saturated carbocycles. The van der Waals surface area contributed by atoms with Gasteiger partial charge in [-0.2, -0.15) is 6.42 Å². The Kier molecular flexibility index (Phi) is 15.3. The zero-order valence-corrected chi connectivity index (χ0v) is 42.5. The van der Waals surface area contributed by atoms with Gasteiger partial charge in [-0.25, -0.2) is 8.78 Å². The SMILES string of the molecule is CC1=CC(C)(C)Nc2ccc3c(c21)C(Cc1ccc(F)cc1)Oc1cccc(C)c1-3.COC1Oc2cccc(C)c2-c2ccc3c(c21)C(C)=CC(C)(C)N3.[CH2-]Cc1ccc(F)cc1.[I-].[Mg+2]. The first-order valence-electron chi connectivity index (χ1n) is 21.7. The number of anilines is 2. The van der Waals surface area contributed by atoms with Crippen LogP contribution in [0, 0.1) is 32.4 Å². The first kappa shape index (κ1) is 49.7. The number of rotatable bonds is 4. The molecule has 2 unspecified atom stereocenters. The molecule has 0 bridgehead atoms. The maximum absolute atomic E-state index is 13.4. The number of benzene rings is 6. The maximum Gasteiger partial charge on any atom is 2.00 e. The minimum atomic E-state index is -0.393. The summed E-state index contributed by atoms with van der Waals surface area (Å²) >= 11 is 0. The van der Waals surface area contributed by atoms with Crippen LogP contribution in [-0.4, -0.2) is 41.2 Å². The van der Waals surface area contributed by atoms with Crippen molar-refractivity contribution in [2.75, 3.05) is 17.7 Å². The van der Waals surface area contributed by atoms with E-state index < -0.39 is 6.29 Å². The van der Waals surface area contributed by atoms with Crippen LogP contribution in [0.1, 0.15) is 98.4 Å². The average Bonchev–Trinajstić information content (AvgIpc) is 3.23. The van der Waals surface area contributed by atoms with E-state index in [9.17, 15) is 8.78 Å². The molecule has 6 aromatic carbocycles. The summed E-state index contributed by atoms with van der Waals surface area (Å²) in [5.41, 5.74) is 18.7. The number of nitrogens with one attached hydrogen (secondary N) is 2. The van der Waals surface area contributed by atoms with Crippen molar-refractivity contribution < 1.29 is 47.0 Å². The topological polar surface area (TPSA) is 51.8 Å². The molecule has 0 radical (unpaired) electrons. The Hall–Kier alpha value is -4.68. The number of hydrogen-bond donors (Lipinski definition) is 2. The minimum absolute atomic E-state index is 0. The standard InChI is InChI=1S/C27H26FNO.C21H23NO2.C8H8F.HI.Mg/c1-16-6-5-7-22-24(16)20-12-13-21-25(17(2)15-27(3,4)29-21)26(20)23(30-22)14-18-8-10-19(28)11-9-18;1-12-7-6-8-16-17(12)14-9-10-15-18(19(14)20(23-5)24-16)13(2)11-21(3,4)22-15;1-2-7-3-5-8(9)6-4-7;;/h5-13,15,23,29H,14H2,1-4H3;6-11,20,22H,1-5H3;3-6H,1-2H2;1H;/q;;-1;;+2/p-1. The smallest absolute Gasteiger partial charge is 1.00 e. The van der Waals surface area contributed by atoms with E-state index in [4.69, 9.17) is 14.2 Å². The minimum Gasteiger partial charge on any atom is -1.00 e. The summed E-state index contributed by atoms with van der Waals surface area (Å²) in [7, 11) is 1.70. The van der Waals surface area contributed by atoms with Gasteiger partial charge in [0.05, 0.1) is 11.1 Å². The second-order valence-corrected chi connectivity index (χ2v) is 18.1. The second-order valence-electron chi connectivity index (χ2n) is 18.1. The predicted octanol–water partition coefficient (Wildman–Crippen LogP) is 11.2. The van der Waals surface area contributed by atoms with Gasteiger partial charge in [-0.1, -0.05) is 78.4 Å². The van der Waals surface area contributed by atoms with Crippen LogP contribution in [-0.2, 0) is 17.6 Å². The van der Waals surface area contributed by atoms with E-state index >= 15 is 0 Å². The van der Waals surface area contributed by atoms with Crippen molar-refractivity contribution in [1.29, 1.82) is 0 Å². The van der Waals surface area contributed by atoms with Crippen LogP contribution in [0.3, 0.4) is 0 Å².